The van der Waals surface area contributed by atoms with E-state index in [0.717, 1.165) is 108 Å². The number of nitrogens with one attached hydrogen (secondary N) is 2. The zero-order valence-corrected chi connectivity index (χ0v) is 39.2. The van der Waals surface area contributed by atoms with Crippen LogP contribution in [0.3, 0.4) is 0 Å². The van der Waals surface area contributed by atoms with Gasteiger partial charge in [0.15, 0.2) is 11.4 Å². The molecule has 0 bridgehead atoms. The van der Waals surface area contributed by atoms with Gasteiger partial charge in [-0.05, 0) is 103 Å². The topological polar surface area (TPSA) is 132 Å². The molecular formula is C50H54BrClN12O2. The molecule has 66 heavy (non-hydrogen) atoms. The molecule has 0 unspecified atom stereocenters. The lowest BCUT2D eigenvalue weighted by atomic mass is 10.1. The standard InChI is InChI=1S/C25H27BrN6O.C25H27ClN6O/c2*26-24-23(29-22-9-3-5-14-32(22)24)25(33)28-11-4-6-13-30-15-17-31(18-16-30)21-10-12-27-20-8-2-1-7-19(20)21/h2*1-3,5,7-10,12,14H,4,6,11,13,15-18H2,(H,28,33). The van der Waals surface area contributed by atoms with Crippen molar-refractivity contribution in [1.29, 1.82) is 0 Å². The van der Waals surface area contributed by atoms with Crippen molar-refractivity contribution in [2.45, 2.75) is 25.7 Å². The van der Waals surface area contributed by atoms with Gasteiger partial charge in [-0.2, -0.15) is 0 Å². The van der Waals surface area contributed by atoms with Crippen LogP contribution in [0.15, 0.2) is 126 Å². The third-order valence-corrected chi connectivity index (χ3v) is 13.5. The fraction of sp³-hybridized carbons (Fsp3) is 0.320. The van der Waals surface area contributed by atoms with Crippen molar-refractivity contribution in [3.8, 4) is 0 Å². The molecule has 0 radical (unpaired) electrons. The fourth-order valence-electron chi connectivity index (χ4n) is 8.85. The minimum Gasteiger partial charge on any atom is -0.368 e. The second-order valence-electron chi connectivity index (χ2n) is 16.6. The maximum Gasteiger partial charge on any atom is 0.273 e. The number of hydrogen-bond donors (Lipinski definition) is 2. The Morgan fingerprint density at radius 1 is 0.545 bits per heavy atom. The Bertz CT molecular complexity index is 2720. The highest BCUT2D eigenvalue weighted by Gasteiger charge is 2.22. The normalized spacial score (nSPS) is 14.8. The van der Waals surface area contributed by atoms with E-state index in [9.17, 15) is 9.59 Å². The van der Waals surface area contributed by atoms with Gasteiger partial charge < -0.3 is 20.4 Å². The molecule has 16 heteroatoms. The monoisotopic (exact) mass is 968 g/mol. The summed E-state index contributed by atoms with van der Waals surface area (Å²) in [6.45, 7) is 11.6. The Hall–Kier alpha value is -6.13. The average molecular weight is 970 g/mol. The molecule has 2 aromatic carbocycles. The van der Waals surface area contributed by atoms with Crippen molar-refractivity contribution in [2.24, 2.45) is 0 Å². The van der Waals surface area contributed by atoms with Gasteiger partial charge in [0.2, 0.25) is 0 Å². The van der Waals surface area contributed by atoms with Crippen LogP contribution in [0.4, 0.5) is 11.4 Å². The van der Waals surface area contributed by atoms with Crippen LogP contribution in [0, 0.1) is 0 Å². The van der Waals surface area contributed by atoms with Gasteiger partial charge in [-0.1, -0.05) is 60.1 Å². The molecule has 14 nitrogen and oxygen atoms in total. The number of carbonyl (C=O) groups is 2. The summed E-state index contributed by atoms with van der Waals surface area (Å²) in [5.74, 6) is -0.356. The van der Waals surface area contributed by atoms with Crippen LogP contribution in [-0.4, -0.2) is 129 Å². The number of imidazole rings is 2. The molecular weight excluding hydrogens is 916 g/mol. The summed E-state index contributed by atoms with van der Waals surface area (Å²) in [6.07, 6.45) is 11.5. The molecule has 0 atom stereocenters. The fourth-order valence-corrected chi connectivity index (χ4v) is 9.69. The SMILES string of the molecule is O=C(NCCCCN1CCN(c2ccnc3ccccc23)CC1)c1nc2ccccn2c1Br.O=C(NCCCCN1CCN(c2ccnc3ccccc23)CC1)c1nc2ccccn2c1Cl. The van der Waals surface area contributed by atoms with E-state index in [0.29, 0.717) is 34.2 Å². The van der Waals surface area contributed by atoms with Crippen molar-refractivity contribution in [2.75, 3.05) is 88.3 Å². The molecule has 8 heterocycles. The van der Waals surface area contributed by atoms with Crippen molar-refractivity contribution in [1.82, 2.24) is 49.2 Å². The smallest absolute Gasteiger partial charge is 0.273 e. The summed E-state index contributed by atoms with van der Waals surface area (Å²) in [6, 6.07) is 32.2. The second kappa shape index (κ2) is 21.5. The van der Waals surface area contributed by atoms with Gasteiger partial charge >= 0.3 is 0 Å². The first-order chi connectivity index (χ1) is 32.4. The van der Waals surface area contributed by atoms with E-state index in [2.05, 4.69) is 115 Å². The number of aromatic nitrogens is 6. The zero-order chi connectivity index (χ0) is 45.2. The van der Waals surface area contributed by atoms with Gasteiger partial charge in [0.05, 0.1) is 11.0 Å². The second-order valence-corrected chi connectivity index (χ2v) is 17.7. The molecule has 6 aromatic heterocycles. The predicted octanol–water partition coefficient (Wildman–Crippen LogP) is 7.85. The Labute approximate surface area is 397 Å². The molecule has 2 aliphatic rings. The maximum atomic E-state index is 12.5. The van der Waals surface area contributed by atoms with Gasteiger partial charge in [0.25, 0.3) is 11.8 Å². The number of rotatable bonds is 14. The number of halogens is 2. The molecule has 0 spiro atoms. The highest BCUT2D eigenvalue weighted by molar-refractivity contribution is 9.10. The number of nitrogens with zero attached hydrogens (tertiary/aromatic N) is 10. The van der Waals surface area contributed by atoms with Crippen LogP contribution in [0.25, 0.3) is 33.1 Å². The number of carbonyl (C=O) groups excluding carboxylic acids is 2. The number of unbranched alkanes of at least 4 members (excludes halogenated alkanes) is 2. The van der Waals surface area contributed by atoms with Crippen LogP contribution in [-0.2, 0) is 0 Å². The lowest BCUT2D eigenvalue weighted by Crippen LogP contribution is -2.46. The molecule has 2 amide bonds. The maximum absolute atomic E-state index is 12.5. The summed E-state index contributed by atoms with van der Waals surface area (Å²) in [7, 11) is 0. The number of pyridine rings is 4. The Kier molecular flexibility index (Phi) is 14.6. The van der Waals surface area contributed by atoms with Gasteiger partial charge in [-0.3, -0.25) is 38.2 Å². The molecule has 10 rings (SSSR count). The van der Waals surface area contributed by atoms with E-state index < -0.39 is 0 Å². The third-order valence-electron chi connectivity index (χ3n) is 12.4. The van der Waals surface area contributed by atoms with Crippen LogP contribution in [0.2, 0.25) is 5.15 Å². The molecule has 8 aromatic rings. The summed E-state index contributed by atoms with van der Waals surface area (Å²) in [5.41, 5.74) is 6.79. The van der Waals surface area contributed by atoms with Crippen molar-refractivity contribution in [3.05, 3.63) is 143 Å². The molecule has 2 aliphatic heterocycles. The molecule has 0 saturated carbocycles. The van der Waals surface area contributed by atoms with Crippen molar-refractivity contribution in [3.63, 3.8) is 0 Å². The highest BCUT2D eigenvalue weighted by atomic mass is 79.9. The number of hydrogen-bond acceptors (Lipinski definition) is 10. The summed E-state index contributed by atoms with van der Waals surface area (Å²) >= 11 is 9.79. The molecule has 2 N–H and O–H groups in total. The van der Waals surface area contributed by atoms with Gasteiger partial charge in [-0.25, -0.2) is 9.97 Å². The Balaban J connectivity index is 0.000000166. The lowest BCUT2D eigenvalue weighted by molar-refractivity contribution is 0.0939. The van der Waals surface area contributed by atoms with Crippen LogP contribution < -0.4 is 20.4 Å². The number of benzene rings is 2. The quantitative estimate of drug-likeness (QED) is 0.104. The minimum absolute atomic E-state index is 0.135. The minimum atomic E-state index is -0.220. The average Bonchev–Trinajstić information content (AvgIpc) is 3.89. The first-order valence-corrected chi connectivity index (χ1v) is 24.0. The van der Waals surface area contributed by atoms with E-state index in [1.165, 1.54) is 22.1 Å². The first-order valence-electron chi connectivity index (χ1n) is 22.8. The van der Waals surface area contributed by atoms with E-state index >= 15 is 0 Å². The first kappa shape index (κ1) is 45.0. The van der Waals surface area contributed by atoms with E-state index in [1.807, 2.05) is 71.5 Å². The summed E-state index contributed by atoms with van der Waals surface area (Å²) < 4.78 is 4.27. The Morgan fingerprint density at radius 3 is 1.52 bits per heavy atom. The van der Waals surface area contributed by atoms with Gasteiger partial charge in [-0.15, -0.1) is 0 Å². The number of anilines is 2. The molecule has 0 aliphatic carbocycles. The van der Waals surface area contributed by atoms with Crippen LogP contribution in [0.5, 0.6) is 0 Å². The zero-order valence-electron chi connectivity index (χ0n) is 36.9. The summed E-state index contributed by atoms with van der Waals surface area (Å²) in [4.78, 5) is 52.7. The largest absolute Gasteiger partial charge is 0.368 e. The van der Waals surface area contributed by atoms with E-state index in [-0.39, 0.29) is 17.5 Å². The van der Waals surface area contributed by atoms with Gasteiger partial charge in [0.1, 0.15) is 21.1 Å². The van der Waals surface area contributed by atoms with E-state index in [1.54, 1.807) is 10.6 Å². The highest BCUT2D eigenvalue weighted by Crippen LogP contribution is 2.28. The number of amides is 2. The Morgan fingerprint density at radius 2 is 1.00 bits per heavy atom. The number of para-hydroxylation sites is 2. The number of fused-ring (bicyclic) bond motifs is 4. The predicted molar refractivity (Wildman–Crippen MR) is 267 cm³/mol. The third kappa shape index (κ3) is 10.4. The van der Waals surface area contributed by atoms with Crippen LogP contribution in [0.1, 0.15) is 46.7 Å². The lowest BCUT2D eigenvalue weighted by Gasteiger charge is -2.36. The summed E-state index contributed by atoms with van der Waals surface area (Å²) in [5, 5.41) is 8.75. The van der Waals surface area contributed by atoms with Crippen molar-refractivity contribution >= 4 is 83.8 Å². The molecule has 2 fully saturated rings. The van der Waals surface area contributed by atoms with Crippen LogP contribution >= 0.6 is 27.5 Å². The van der Waals surface area contributed by atoms with Gasteiger partial charge in [0, 0.05) is 112 Å². The number of piperazine rings is 2. The molecule has 340 valence electrons. The van der Waals surface area contributed by atoms with Crippen molar-refractivity contribution < 1.29 is 9.59 Å². The molecule has 2 saturated heterocycles. The van der Waals surface area contributed by atoms with E-state index in [4.69, 9.17) is 11.6 Å².